The molecule has 1 N–H and O–H groups in total. The molecule has 0 bridgehead atoms. The second-order valence-electron chi connectivity index (χ2n) is 4.43. The van der Waals surface area contributed by atoms with Gasteiger partial charge in [0, 0.05) is 26.7 Å². The highest BCUT2D eigenvalue weighted by molar-refractivity contribution is 5.70. The maximum Gasteiger partial charge on any atom is 0.150 e. The topological polar surface area (TPSA) is 33.1 Å². The minimum absolute atomic E-state index is 0.678. The number of aromatic nitrogens is 2. The van der Waals surface area contributed by atoms with Crippen molar-refractivity contribution >= 4 is 11.5 Å². The standard InChI is InChI=1S/C11H20N4/c1-5-15-7-8(2)6-12-10-9(3)13-14(4)11(10)15/h8,12H,5-7H2,1-4H3. The summed E-state index contributed by atoms with van der Waals surface area (Å²) in [5.74, 6) is 1.91. The van der Waals surface area contributed by atoms with Crippen LogP contribution in [-0.2, 0) is 7.05 Å². The van der Waals surface area contributed by atoms with E-state index in [1.807, 2.05) is 11.7 Å². The lowest BCUT2D eigenvalue weighted by Gasteiger charge is -2.23. The Hall–Kier alpha value is -1.19. The average Bonchev–Trinajstić information content (AvgIpc) is 2.38. The van der Waals surface area contributed by atoms with Crippen LogP contribution in [0.15, 0.2) is 0 Å². The van der Waals surface area contributed by atoms with Crippen molar-refractivity contribution in [3.05, 3.63) is 5.69 Å². The fourth-order valence-electron chi connectivity index (χ4n) is 2.30. The van der Waals surface area contributed by atoms with E-state index in [1.165, 1.54) is 11.5 Å². The molecule has 1 aliphatic rings. The third-order valence-corrected chi connectivity index (χ3v) is 3.03. The smallest absolute Gasteiger partial charge is 0.150 e. The molecule has 0 radical (unpaired) electrons. The van der Waals surface area contributed by atoms with Crippen LogP contribution in [-0.4, -0.2) is 29.4 Å². The van der Waals surface area contributed by atoms with Crippen LogP contribution in [0.1, 0.15) is 19.5 Å². The van der Waals surface area contributed by atoms with Gasteiger partial charge in [-0.3, -0.25) is 4.68 Å². The van der Waals surface area contributed by atoms with Gasteiger partial charge in [-0.15, -0.1) is 0 Å². The largest absolute Gasteiger partial charge is 0.380 e. The van der Waals surface area contributed by atoms with Gasteiger partial charge in [-0.2, -0.15) is 5.10 Å². The maximum absolute atomic E-state index is 4.47. The molecule has 0 saturated carbocycles. The number of hydrogen-bond donors (Lipinski definition) is 1. The Kier molecular flexibility index (Phi) is 2.59. The molecular formula is C11H20N4. The van der Waals surface area contributed by atoms with Crippen molar-refractivity contribution in [2.24, 2.45) is 13.0 Å². The van der Waals surface area contributed by atoms with Crippen molar-refractivity contribution in [2.45, 2.75) is 20.8 Å². The van der Waals surface area contributed by atoms with Gasteiger partial charge in [-0.1, -0.05) is 6.92 Å². The first-order chi connectivity index (χ1) is 7.13. The van der Waals surface area contributed by atoms with Gasteiger partial charge in [0.05, 0.1) is 5.69 Å². The number of nitrogens with zero attached hydrogens (tertiary/aromatic N) is 3. The molecule has 1 atom stereocenters. The predicted molar refractivity (Wildman–Crippen MR) is 63.5 cm³/mol. The predicted octanol–water partition coefficient (Wildman–Crippen LogP) is 1.62. The Bertz CT molecular complexity index is 356. The molecule has 2 heterocycles. The Balaban J connectivity index is 2.44. The number of aryl methyl sites for hydroxylation is 2. The number of anilines is 2. The molecule has 4 nitrogen and oxygen atoms in total. The van der Waals surface area contributed by atoms with Crippen LogP contribution in [0.2, 0.25) is 0 Å². The highest BCUT2D eigenvalue weighted by atomic mass is 15.4. The third-order valence-electron chi connectivity index (χ3n) is 3.03. The van der Waals surface area contributed by atoms with Crippen LogP contribution in [0.4, 0.5) is 11.5 Å². The van der Waals surface area contributed by atoms with Crippen molar-refractivity contribution in [3.63, 3.8) is 0 Å². The van der Waals surface area contributed by atoms with E-state index in [2.05, 4.69) is 36.1 Å². The molecule has 0 fully saturated rings. The van der Waals surface area contributed by atoms with Crippen LogP contribution < -0.4 is 10.2 Å². The summed E-state index contributed by atoms with van der Waals surface area (Å²) in [6.45, 7) is 9.73. The van der Waals surface area contributed by atoms with Gasteiger partial charge in [-0.05, 0) is 19.8 Å². The average molecular weight is 208 g/mol. The van der Waals surface area contributed by atoms with Gasteiger partial charge in [0.15, 0.2) is 5.82 Å². The second-order valence-corrected chi connectivity index (χ2v) is 4.43. The number of hydrogen-bond acceptors (Lipinski definition) is 3. The first-order valence-corrected chi connectivity index (χ1v) is 5.65. The molecule has 0 aromatic carbocycles. The zero-order chi connectivity index (χ0) is 11.0. The molecule has 84 valence electrons. The summed E-state index contributed by atoms with van der Waals surface area (Å²) in [5, 5.41) is 7.97. The summed E-state index contributed by atoms with van der Waals surface area (Å²) < 4.78 is 1.99. The minimum Gasteiger partial charge on any atom is -0.380 e. The van der Waals surface area contributed by atoms with Crippen molar-refractivity contribution in [3.8, 4) is 0 Å². The molecular weight excluding hydrogens is 188 g/mol. The van der Waals surface area contributed by atoms with Crippen LogP contribution in [0.5, 0.6) is 0 Å². The van der Waals surface area contributed by atoms with Crippen molar-refractivity contribution in [2.75, 3.05) is 29.9 Å². The normalized spacial score (nSPS) is 20.8. The molecule has 2 rings (SSSR count). The minimum atomic E-state index is 0.678. The summed E-state index contributed by atoms with van der Waals surface area (Å²) in [6, 6.07) is 0. The van der Waals surface area contributed by atoms with Crippen molar-refractivity contribution < 1.29 is 0 Å². The van der Waals surface area contributed by atoms with Gasteiger partial charge in [0.25, 0.3) is 0 Å². The van der Waals surface area contributed by atoms with Gasteiger partial charge < -0.3 is 10.2 Å². The molecule has 0 spiro atoms. The first kappa shape index (κ1) is 10.3. The number of rotatable bonds is 1. The van der Waals surface area contributed by atoms with Gasteiger partial charge >= 0.3 is 0 Å². The summed E-state index contributed by atoms with van der Waals surface area (Å²) in [4.78, 5) is 2.40. The van der Waals surface area contributed by atoms with E-state index in [-0.39, 0.29) is 0 Å². The Labute approximate surface area is 91.3 Å². The molecule has 4 heteroatoms. The van der Waals surface area contributed by atoms with E-state index in [9.17, 15) is 0 Å². The molecule has 1 aliphatic heterocycles. The summed E-state index contributed by atoms with van der Waals surface area (Å²) in [5.41, 5.74) is 2.31. The van der Waals surface area contributed by atoms with E-state index < -0.39 is 0 Å². The molecule has 1 aromatic rings. The molecule has 0 amide bonds. The Morgan fingerprint density at radius 3 is 2.93 bits per heavy atom. The first-order valence-electron chi connectivity index (χ1n) is 5.65. The molecule has 0 aliphatic carbocycles. The van der Waals surface area contributed by atoms with Crippen LogP contribution in [0, 0.1) is 12.8 Å². The van der Waals surface area contributed by atoms with E-state index in [4.69, 9.17) is 0 Å². The summed E-state index contributed by atoms with van der Waals surface area (Å²) >= 11 is 0. The van der Waals surface area contributed by atoms with Crippen LogP contribution >= 0.6 is 0 Å². The zero-order valence-electron chi connectivity index (χ0n) is 10.0. The number of fused-ring (bicyclic) bond motifs is 1. The van der Waals surface area contributed by atoms with Gasteiger partial charge in [0.2, 0.25) is 0 Å². The molecule has 1 unspecified atom stereocenters. The monoisotopic (exact) mass is 208 g/mol. The van der Waals surface area contributed by atoms with Gasteiger partial charge in [-0.25, -0.2) is 0 Å². The number of nitrogens with one attached hydrogen (secondary N) is 1. The Morgan fingerprint density at radius 1 is 1.53 bits per heavy atom. The summed E-state index contributed by atoms with van der Waals surface area (Å²) in [6.07, 6.45) is 0. The molecule has 0 saturated heterocycles. The summed E-state index contributed by atoms with van der Waals surface area (Å²) in [7, 11) is 2.02. The quantitative estimate of drug-likeness (QED) is 0.761. The third kappa shape index (κ3) is 1.68. The van der Waals surface area contributed by atoms with Gasteiger partial charge in [0.1, 0.15) is 5.69 Å². The second kappa shape index (κ2) is 3.76. The fraction of sp³-hybridized carbons (Fsp3) is 0.727. The molecule has 1 aromatic heterocycles. The SMILES string of the molecule is CCN1CC(C)CNc2c(C)nn(C)c21. The molecule has 15 heavy (non-hydrogen) atoms. The van der Waals surface area contributed by atoms with E-state index in [1.54, 1.807) is 0 Å². The lowest BCUT2D eigenvalue weighted by Crippen LogP contribution is -2.29. The zero-order valence-corrected chi connectivity index (χ0v) is 10.0. The maximum atomic E-state index is 4.47. The van der Waals surface area contributed by atoms with E-state index >= 15 is 0 Å². The van der Waals surface area contributed by atoms with E-state index in [0.717, 1.165) is 25.3 Å². The van der Waals surface area contributed by atoms with Crippen LogP contribution in [0.3, 0.4) is 0 Å². The lowest BCUT2D eigenvalue weighted by molar-refractivity contribution is 0.587. The van der Waals surface area contributed by atoms with Crippen molar-refractivity contribution in [1.82, 2.24) is 9.78 Å². The highest BCUT2D eigenvalue weighted by Gasteiger charge is 2.23. The Morgan fingerprint density at radius 2 is 2.27 bits per heavy atom. The van der Waals surface area contributed by atoms with E-state index in [0.29, 0.717) is 5.92 Å². The lowest BCUT2D eigenvalue weighted by atomic mass is 10.2. The van der Waals surface area contributed by atoms with Crippen molar-refractivity contribution in [1.29, 1.82) is 0 Å². The van der Waals surface area contributed by atoms with Crippen LogP contribution in [0.25, 0.3) is 0 Å². The highest BCUT2D eigenvalue weighted by Crippen LogP contribution is 2.31. The fourth-order valence-corrected chi connectivity index (χ4v) is 2.30.